The van der Waals surface area contributed by atoms with Gasteiger partial charge < -0.3 is 15.0 Å². The lowest BCUT2D eigenvalue weighted by Gasteiger charge is -2.18. The minimum absolute atomic E-state index is 0.0441. The molecular formula is C22H27N3O3. The van der Waals surface area contributed by atoms with Crippen LogP contribution in [0.2, 0.25) is 0 Å². The van der Waals surface area contributed by atoms with E-state index >= 15 is 0 Å². The number of nitrogens with one attached hydrogen (secondary N) is 1. The molecule has 0 radical (unpaired) electrons. The highest BCUT2D eigenvalue weighted by Crippen LogP contribution is 2.34. The Morgan fingerprint density at radius 3 is 2.54 bits per heavy atom. The second kappa shape index (κ2) is 8.87. The summed E-state index contributed by atoms with van der Waals surface area (Å²) in [5.74, 6) is 0.376. The van der Waals surface area contributed by atoms with Gasteiger partial charge in [0.25, 0.3) is 0 Å². The van der Waals surface area contributed by atoms with E-state index in [0.29, 0.717) is 19.6 Å². The topological polar surface area (TPSA) is 71.5 Å². The standard InChI is InChI=1S/C22H27N3O3/c1-15(2)22(27)25-13-19(16-7-9-18(28-3)10-8-16)20(14-25)21(26)24-12-17-6-4-5-11-23-17/h4-11,15,19-20H,12-14H2,1-3H3,(H,24,26). The maximum Gasteiger partial charge on any atom is 0.225 e. The number of methoxy groups -OCH3 is 1. The van der Waals surface area contributed by atoms with Gasteiger partial charge in [0.2, 0.25) is 11.8 Å². The van der Waals surface area contributed by atoms with Crippen molar-refractivity contribution in [2.24, 2.45) is 11.8 Å². The van der Waals surface area contributed by atoms with Crippen molar-refractivity contribution < 1.29 is 14.3 Å². The van der Waals surface area contributed by atoms with Crippen LogP contribution in [0.25, 0.3) is 0 Å². The molecule has 2 aromatic rings. The SMILES string of the molecule is COc1ccc(C2CN(C(=O)C(C)C)CC2C(=O)NCc2ccccn2)cc1. The van der Waals surface area contributed by atoms with E-state index in [-0.39, 0.29) is 29.6 Å². The zero-order valence-electron chi connectivity index (χ0n) is 16.6. The van der Waals surface area contributed by atoms with Gasteiger partial charge in [-0.1, -0.05) is 32.0 Å². The molecule has 0 bridgehead atoms. The Balaban J connectivity index is 1.77. The minimum atomic E-state index is -0.292. The van der Waals surface area contributed by atoms with Crippen molar-refractivity contribution >= 4 is 11.8 Å². The number of aromatic nitrogens is 1. The third-order valence-electron chi connectivity index (χ3n) is 5.18. The van der Waals surface area contributed by atoms with Crippen molar-refractivity contribution in [3.05, 3.63) is 59.9 Å². The van der Waals surface area contributed by atoms with E-state index in [4.69, 9.17) is 4.74 Å². The smallest absolute Gasteiger partial charge is 0.225 e. The molecule has 1 aliphatic rings. The first kappa shape index (κ1) is 19.9. The van der Waals surface area contributed by atoms with Crippen LogP contribution in [-0.4, -0.2) is 41.9 Å². The van der Waals surface area contributed by atoms with Crippen molar-refractivity contribution in [1.82, 2.24) is 15.2 Å². The second-order valence-corrected chi connectivity index (χ2v) is 7.42. The van der Waals surface area contributed by atoms with Gasteiger partial charge in [0.05, 0.1) is 25.3 Å². The van der Waals surface area contributed by atoms with Crippen LogP contribution in [0.15, 0.2) is 48.7 Å². The number of carbonyl (C=O) groups excluding carboxylic acids is 2. The number of rotatable bonds is 6. The Morgan fingerprint density at radius 2 is 1.93 bits per heavy atom. The molecule has 0 spiro atoms. The molecule has 1 aliphatic heterocycles. The third kappa shape index (κ3) is 4.50. The largest absolute Gasteiger partial charge is 0.497 e. The van der Waals surface area contributed by atoms with Gasteiger partial charge in [0, 0.05) is 31.1 Å². The van der Waals surface area contributed by atoms with Crippen molar-refractivity contribution in [1.29, 1.82) is 0 Å². The molecule has 2 amide bonds. The van der Waals surface area contributed by atoms with E-state index in [1.165, 1.54) is 0 Å². The monoisotopic (exact) mass is 381 g/mol. The molecule has 0 aliphatic carbocycles. The van der Waals surface area contributed by atoms with Crippen molar-refractivity contribution in [2.75, 3.05) is 20.2 Å². The van der Waals surface area contributed by atoms with Crippen LogP contribution >= 0.6 is 0 Å². The summed E-state index contributed by atoms with van der Waals surface area (Å²) in [5.41, 5.74) is 1.85. The number of nitrogens with zero attached hydrogens (tertiary/aromatic N) is 2. The van der Waals surface area contributed by atoms with E-state index in [1.54, 1.807) is 13.3 Å². The summed E-state index contributed by atoms with van der Waals surface area (Å²) in [6.07, 6.45) is 1.71. The Hall–Kier alpha value is -2.89. The highest BCUT2D eigenvalue weighted by Gasteiger charge is 2.40. The normalized spacial score (nSPS) is 18.9. The Kier molecular flexibility index (Phi) is 6.29. The molecule has 28 heavy (non-hydrogen) atoms. The van der Waals surface area contributed by atoms with E-state index < -0.39 is 0 Å². The average molecular weight is 381 g/mol. The molecule has 2 heterocycles. The molecule has 1 N–H and O–H groups in total. The summed E-state index contributed by atoms with van der Waals surface area (Å²) in [6, 6.07) is 13.4. The maximum atomic E-state index is 13.0. The van der Waals surface area contributed by atoms with Crippen LogP contribution in [0.1, 0.15) is 31.0 Å². The average Bonchev–Trinajstić information content (AvgIpc) is 3.17. The zero-order chi connectivity index (χ0) is 20.1. The first-order chi connectivity index (χ1) is 13.5. The number of benzene rings is 1. The van der Waals surface area contributed by atoms with E-state index in [0.717, 1.165) is 17.0 Å². The fourth-order valence-corrected chi connectivity index (χ4v) is 3.61. The minimum Gasteiger partial charge on any atom is -0.497 e. The van der Waals surface area contributed by atoms with E-state index in [9.17, 15) is 9.59 Å². The molecule has 2 atom stereocenters. The summed E-state index contributed by atoms with van der Waals surface area (Å²) in [4.78, 5) is 31.6. The molecule has 3 rings (SSSR count). The lowest BCUT2D eigenvalue weighted by Crippen LogP contribution is -2.36. The first-order valence-electron chi connectivity index (χ1n) is 9.60. The van der Waals surface area contributed by atoms with Crippen molar-refractivity contribution in [3.8, 4) is 5.75 Å². The lowest BCUT2D eigenvalue weighted by molar-refractivity contribution is -0.133. The molecule has 1 aromatic heterocycles. The number of hydrogen-bond acceptors (Lipinski definition) is 4. The highest BCUT2D eigenvalue weighted by molar-refractivity contribution is 5.84. The second-order valence-electron chi connectivity index (χ2n) is 7.42. The predicted octanol–water partition coefficient (Wildman–Crippen LogP) is 2.60. The Labute approximate surface area is 165 Å². The van der Waals surface area contributed by atoms with Gasteiger partial charge in [0.15, 0.2) is 0 Å². The van der Waals surface area contributed by atoms with Gasteiger partial charge in [-0.2, -0.15) is 0 Å². The lowest BCUT2D eigenvalue weighted by atomic mass is 9.88. The van der Waals surface area contributed by atoms with Crippen LogP contribution in [0.5, 0.6) is 5.75 Å². The quantitative estimate of drug-likeness (QED) is 0.835. The van der Waals surface area contributed by atoms with Crippen LogP contribution < -0.4 is 10.1 Å². The Morgan fingerprint density at radius 1 is 1.18 bits per heavy atom. The van der Waals surface area contributed by atoms with E-state index in [1.807, 2.05) is 61.2 Å². The van der Waals surface area contributed by atoms with Gasteiger partial charge in [-0.15, -0.1) is 0 Å². The van der Waals surface area contributed by atoms with Crippen molar-refractivity contribution in [3.63, 3.8) is 0 Å². The molecule has 1 aromatic carbocycles. The molecule has 1 saturated heterocycles. The van der Waals surface area contributed by atoms with Gasteiger partial charge in [0.1, 0.15) is 5.75 Å². The van der Waals surface area contributed by atoms with Gasteiger partial charge in [-0.05, 0) is 29.8 Å². The Bertz CT molecular complexity index is 806. The third-order valence-corrected chi connectivity index (χ3v) is 5.18. The van der Waals surface area contributed by atoms with Crippen LogP contribution in [0.3, 0.4) is 0 Å². The highest BCUT2D eigenvalue weighted by atomic mass is 16.5. The maximum absolute atomic E-state index is 13.0. The molecule has 148 valence electrons. The van der Waals surface area contributed by atoms with Crippen LogP contribution in [0, 0.1) is 11.8 Å². The fraction of sp³-hybridized carbons (Fsp3) is 0.409. The number of pyridine rings is 1. The summed E-state index contributed by atoms with van der Waals surface area (Å²) in [7, 11) is 1.63. The number of carbonyl (C=O) groups is 2. The zero-order valence-corrected chi connectivity index (χ0v) is 16.6. The molecule has 6 nitrogen and oxygen atoms in total. The summed E-state index contributed by atoms with van der Waals surface area (Å²) in [5, 5.41) is 2.99. The van der Waals surface area contributed by atoms with E-state index in [2.05, 4.69) is 10.3 Å². The van der Waals surface area contributed by atoms with Crippen LogP contribution in [0.4, 0.5) is 0 Å². The molecule has 6 heteroatoms. The molecular weight excluding hydrogens is 354 g/mol. The van der Waals surface area contributed by atoms with Gasteiger partial charge in [-0.25, -0.2) is 0 Å². The number of amides is 2. The number of hydrogen-bond donors (Lipinski definition) is 1. The van der Waals surface area contributed by atoms with Crippen molar-refractivity contribution in [2.45, 2.75) is 26.3 Å². The van der Waals surface area contributed by atoms with Gasteiger partial charge >= 0.3 is 0 Å². The summed E-state index contributed by atoms with van der Waals surface area (Å²) < 4.78 is 5.23. The summed E-state index contributed by atoms with van der Waals surface area (Å²) in [6.45, 7) is 5.13. The van der Waals surface area contributed by atoms with Gasteiger partial charge in [-0.3, -0.25) is 14.6 Å². The molecule has 2 unspecified atom stereocenters. The predicted molar refractivity (Wildman–Crippen MR) is 107 cm³/mol. The first-order valence-corrected chi connectivity index (χ1v) is 9.60. The van der Waals surface area contributed by atoms with Crippen LogP contribution in [-0.2, 0) is 16.1 Å². The fourth-order valence-electron chi connectivity index (χ4n) is 3.61. The molecule has 0 saturated carbocycles. The summed E-state index contributed by atoms with van der Waals surface area (Å²) >= 11 is 0. The number of ether oxygens (including phenoxy) is 1. The molecule has 1 fully saturated rings. The number of likely N-dealkylation sites (tertiary alicyclic amines) is 1.